The molecule has 0 unspecified atom stereocenters. The first-order valence-electron chi connectivity index (χ1n) is 8.41. The van der Waals surface area contributed by atoms with E-state index in [1.165, 1.54) is 11.3 Å². The van der Waals surface area contributed by atoms with Gasteiger partial charge in [0.05, 0.1) is 13.2 Å². The van der Waals surface area contributed by atoms with Crippen LogP contribution in [-0.2, 0) is 13.1 Å². The van der Waals surface area contributed by atoms with Gasteiger partial charge in [0.1, 0.15) is 0 Å². The summed E-state index contributed by atoms with van der Waals surface area (Å²) in [5.41, 5.74) is 8.25. The molecular weight excluding hydrogens is 304 g/mol. The average Bonchev–Trinajstić information content (AvgIpc) is 3.05. The lowest BCUT2D eigenvalue weighted by molar-refractivity contribution is 0.1000. The second-order valence-corrected chi connectivity index (χ2v) is 6.31. The first-order chi connectivity index (χ1) is 11.7. The monoisotopic (exact) mass is 328 g/mol. The lowest BCUT2D eigenvalue weighted by Crippen LogP contribution is -2.33. The van der Waals surface area contributed by atoms with Crippen molar-refractivity contribution >= 4 is 5.91 Å². The van der Waals surface area contributed by atoms with Crippen LogP contribution in [-0.4, -0.2) is 45.4 Å². The summed E-state index contributed by atoms with van der Waals surface area (Å²) in [4.78, 5) is 13.5. The molecule has 6 nitrogen and oxygen atoms in total. The van der Waals surface area contributed by atoms with Gasteiger partial charge in [-0.25, -0.2) is 0 Å². The third kappa shape index (κ3) is 3.83. The van der Waals surface area contributed by atoms with Crippen LogP contribution in [0.3, 0.4) is 0 Å². The summed E-state index contributed by atoms with van der Waals surface area (Å²) in [6, 6.07) is 9.60. The molecule has 1 saturated heterocycles. The first kappa shape index (κ1) is 16.7. The van der Waals surface area contributed by atoms with E-state index >= 15 is 0 Å². The number of piperidine rings is 1. The second kappa shape index (κ2) is 7.59. The molecule has 1 aromatic carbocycles. The van der Waals surface area contributed by atoms with Crippen LogP contribution in [0.5, 0.6) is 0 Å². The molecule has 0 aliphatic carbocycles. The lowest BCUT2D eigenvalue weighted by atomic mass is 9.93. The first-order valence-corrected chi connectivity index (χ1v) is 8.41. The molecule has 2 aromatic rings. The summed E-state index contributed by atoms with van der Waals surface area (Å²) in [5.74, 6) is 0.120. The van der Waals surface area contributed by atoms with Crippen molar-refractivity contribution in [3.63, 3.8) is 0 Å². The number of aliphatic hydroxyl groups excluding tert-OH is 1. The number of primary amides is 1. The van der Waals surface area contributed by atoms with Gasteiger partial charge in [0, 0.05) is 29.9 Å². The van der Waals surface area contributed by atoms with Gasteiger partial charge < -0.3 is 10.8 Å². The highest BCUT2D eigenvalue weighted by molar-refractivity contribution is 5.92. The SMILES string of the molecule is NC(=O)c1ccc(CN2CCC(c3ccnn3CCO)CC2)cc1. The molecule has 3 N–H and O–H groups in total. The minimum absolute atomic E-state index is 0.120. The van der Waals surface area contributed by atoms with Gasteiger partial charge in [-0.05, 0) is 49.7 Å². The molecule has 128 valence electrons. The number of benzene rings is 1. The Morgan fingerprint density at radius 2 is 1.92 bits per heavy atom. The molecule has 1 aliphatic heterocycles. The van der Waals surface area contributed by atoms with E-state index in [9.17, 15) is 4.79 Å². The Balaban J connectivity index is 1.55. The van der Waals surface area contributed by atoms with Crippen molar-refractivity contribution in [1.29, 1.82) is 0 Å². The second-order valence-electron chi connectivity index (χ2n) is 6.31. The van der Waals surface area contributed by atoms with Crippen molar-refractivity contribution < 1.29 is 9.90 Å². The van der Waals surface area contributed by atoms with Gasteiger partial charge in [-0.15, -0.1) is 0 Å². The number of carbonyl (C=O) groups excluding carboxylic acids is 1. The highest BCUT2D eigenvalue weighted by atomic mass is 16.3. The smallest absolute Gasteiger partial charge is 0.248 e. The van der Waals surface area contributed by atoms with Gasteiger partial charge in [0.2, 0.25) is 5.91 Å². The van der Waals surface area contributed by atoms with E-state index in [1.54, 1.807) is 12.1 Å². The Hall–Kier alpha value is -2.18. The van der Waals surface area contributed by atoms with Crippen LogP contribution in [0.4, 0.5) is 0 Å². The van der Waals surface area contributed by atoms with E-state index in [2.05, 4.69) is 16.1 Å². The van der Waals surface area contributed by atoms with Crippen molar-refractivity contribution in [1.82, 2.24) is 14.7 Å². The number of nitrogens with two attached hydrogens (primary N) is 1. The Morgan fingerprint density at radius 3 is 2.54 bits per heavy atom. The summed E-state index contributed by atoms with van der Waals surface area (Å²) in [6.45, 7) is 3.64. The van der Waals surface area contributed by atoms with Crippen LogP contribution in [0.2, 0.25) is 0 Å². The topological polar surface area (TPSA) is 84.4 Å². The standard InChI is InChI=1S/C18H24N4O2/c19-18(24)16-3-1-14(2-4-16)13-21-9-6-15(7-10-21)17-5-8-20-22(17)11-12-23/h1-5,8,15,23H,6-7,9-13H2,(H2,19,24). The average molecular weight is 328 g/mol. The zero-order chi connectivity index (χ0) is 16.9. The maximum Gasteiger partial charge on any atom is 0.248 e. The third-order valence-corrected chi connectivity index (χ3v) is 4.71. The summed E-state index contributed by atoms with van der Waals surface area (Å²) in [6.07, 6.45) is 4.00. The molecule has 1 amide bonds. The quantitative estimate of drug-likeness (QED) is 0.838. The number of rotatable bonds is 6. The van der Waals surface area contributed by atoms with Crippen LogP contribution >= 0.6 is 0 Å². The fourth-order valence-electron chi connectivity index (χ4n) is 3.39. The maximum absolute atomic E-state index is 11.1. The molecule has 0 saturated carbocycles. The number of aromatic nitrogens is 2. The molecule has 0 bridgehead atoms. The molecule has 1 aromatic heterocycles. The van der Waals surface area contributed by atoms with Crippen LogP contribution in [0.1, 0.15) is 40.4 Å². The molecule has 3 rings (SSSR count). The van der Waals surface area contributed by atoms with Crippen LogP contribution < -0.4 is 5.73 Å². The molecule has 2 heterocycles. The number of likely N-dealkylation sites (tertiary alicyclic amines) is 1. The van der Waals surface area contributed by atoms with Crippen molar-refractivity contribution in [2.75, 3.05) is 19.7 Å². The fraction of sp³-hybridized carbons (Fsp3) is 0.444. The largest absolute Gasteiger partial charge is 0.394 e. The normalized spacial score (nSPS) is 16.4. The molecule has 0 spiro atoms. The zero-order valence-electron chi connectivity index (χ0n) is 13.8. The van der Waals surface area contributed by atoms with E-state index in [0.717, 1.165) is 32.5 Å². The van der Waals surface area contributed by atoms with Gasteiger partial charge in [-0.1, -0.05) is 12.1 Å². The van der Waals surface area contributed by atoms with Crippen molar-refractivity contribution in [2.24, 2.45) is 5.73 Å². The minimum atomic E-state index is -0.387. The van der Waals surface area contributed by atoms with Crippen molar-refractivity contribution in [2.45, 2.75) is 31.8 Å². The van der Waals surface area contributed by atoms with Crippen molar-refractivity contribution in [3.05, 3.63) is 53.3 Å². The minimum Gasteiger partial charge on any atom is -0.394 e. The van der Waals surface area contributed by atoms with Gasteiger partial charge in [-0.2, -0.15) is 5.10 Å². The summed E-state index contributed by atoms with van der Waals surface area (Å²) < 4.78 is 1.92. The Labute approximate surface area is 141 Å². The van der Waals surface area contributed by atoms with E-state index in [-0.39, 0.29) is 12.5 Å². The van der Waals surface area contributed by atoms with Crippen LogP contribution in [0, 0.1) is 0 Å². The number of aliphatic hydroxyl groups is 1. The highest BCUT2D eigenvalue weighted by Gasteiger charge is 2.23. The Bertz CT molecular complexity index is 673. The molecule has 1 aliphatic rings. The predicted octanol–water partition coefficient (Wildman–Crippen LogP) is 1.35. The fourth-order valence-corrected chi connectivity index (χ4v) is 3.39. The summed E-state index contributed by atoms with van der Waals surface area (Å²) in [5, 5.41) is 13.4. The van der Waals surface area contributed by atoms with Crippen molar-refractivity contribution in [3.8, 4) is 0 Å². The number of hydrogen-bond donors (Lipinski definition) is 2. The van der Waals surface area contributed by atoms with E-state index in [1.807, 2.05) is 23.0 Å². The molecule has 0 radical (unpaired) electrons. The molecule has 6 heteroatoms. The number of amides is 1. The van der Waals surface area contributed by atoms with Crippen LogP contribution in [0.15, 0.2) is 36.5 Å². The summed E-state index contributed by atoms with van der Waals surface area (Å²) in [7, 11) is 0. The van der Waals surface area contributed by atoms with Gasteiger partial charge >= 0.3 is 0 Å². The molecule has 1 fully saturated rings. The molecule has 0 atom stereocenters. The van der Waals surface area contributed by atoms with Gasteiger partial charge in [0.25, 0.3) is 0 Å². The van der Waals surface area contributed by atoms with E-state index in [0.29, 0.717) is 18.0 Å². The molecular formula is C18H24N4O2. The van der Waals surface area contributed by atoms with Gasteiger partial charge in [-0.3, -0.25) is 14.4 Å². The van der Waals surface area contributed by atoms with E-state index < -0.39 is 0 Å². The Kier molecular flexibility index (Phi) is 5.27. The third-order valence-electron chi connectivity index (χ3n) is 4.71. The summed E-state index contributed by atoms with van der Waals surface area (Å²) >= 11 is 0. The predicted molar refractivity (Wildman–Crippen MR) is 91.5 cm³/mol. The number of nitrogens with zero attached hydrogens (tertiary/aromatic N) is 3. The van der Waals surface area contributed by atoms with E-state index in [4.69, 9.17) is 10.8 Å². The maximum atomic E-state index is 11.1. The Morgan fingerprint density at radius 1 is 1.21 bits per heavy atom. The number of carbonyl (C=O) groups is 1. The van der Waals surface area contributed by atoms with Gasteiger partial charge in [0.15, 0.2) is 0 Å². The lowest BCUT2D eigenvalue weighted by Gasteiger charge is -2.32. The zero-order valence-corrected chi connectivity index (χ0v) is 13.8. The molecule has 24 heavy (non-hydrogen) atoms. The van der Waals surface area contributed by atoms with Crippen LogP contribution in [0.25, 0.3) is 0 Å². The highest BCUT2D eigenvalue weighted by Crippen LogP contribution is 2.28. The number of hydrogen-bond acceptors (Lipinski definition) is 4.